The first-order chi connectivity index (χ1) is 13.6. The van der Waals surface area contributed by atoms with Gasteiger partial charge in [-0.15, -0.1) is 0 Å². The fourth-order valence-corrected chi connectivity index (χ4v) is 6.89. The maximum absolute atomic E-state index is 14.6. The van der Waals surface area contributed by atoms with Crippen LogP contribution in [0.15, 0.2) is 12.1 Å². The molecule has 0 atom stereocenters. The number of benzene rings is 1. The molecule has 1 aromatic carbocycles. The lowest BCUT2D eigenvalue weighted by molar-refractivity contribution is -0.0745. The molecule has 0 N–H and O–H groups in total. The van der Waals surface area contributed by atoms with Crippen LogP contribution in [0.1, 0.15) is 48.9 Å². The Labute approximate surface area is 176 Å². The first kappa shape index (κ1) is 21.1. The van der Waals surface area contributed by atoms with Crippen molar-refractivity contribution in [2.45, 2.75) is 38.5 Å². The minimum atomic E-state index is -3.78. The summed E-state index contributed by atoms with van der Waals surface area (Å²) >= 11 is 6.26. The van der Waals surface area contributed by atoms with Crippen molar-refractivity contribution in [3.63, 3.8) is 0 Å². The number of rotatable bonds is 7. The largest absolute Gasteiger partial charge is 0.491 e. The zero-order valence-electron chi connectivity index (χ0n) is 16.8. The Hall–Kier alpha value is -1.18. The standard InChI is InChI=1S/C21H27ClFNO4S/c1-24(2)29(26,27)11-19(25)16-6-17(22)20(7-18(16)23)28-12-21-8-13-3-14(9-21)5-15(4-13)10-21/h6-7,13-15H,3-5,8-12H2,1-2H3. The summed E-state index contributed by atoms with van der Waals surface area (Å²) in [7, 11) is -1.13. The van der Waals surface area contributed by atoms with Crippen LogP contribution in [-0.4, -0.2) is 45.0 Å². The van der Waals surface area contributed by atoms with E-state index in [1.54, 1.807) is 0 Å². The van der Waals surface area contributed by atoms with Crippen molar-refractivity contribution in [1.82, 2.24) is 4.31 Å². The molecular formula is C21H27ClFNO4S. The quantitative estimate of drug-likeness (QED) is 0.594. The van der Waals surface area contributed by atoms with Gasteiger partial charge in [0.15, 0.2) is 5.78 Å². The number of ether oxygens (including phenoxy) is 1. The summed E-state index contributed by atoms with van der Waals surface area (Å²) in [4.78, 5) is 12.3. The van der Waals surface area contributed by atoms with E-state index in [2.05, 4.69) is 0 Å². The number of hydrogen-bond acceptors (Lipinski definition) is 4. The normalized spacial score (nSPS) is 30.7. The Morgan fingerprint density at radius 3 is 2.24 bits per heavy atom. The number of sulfonamides is 1. The average molecular weight is 444 g/mol. The van der Waals surface area contributed by atoms with Crippen molar-refractivity contribution < 1.29 is 22.3 Å². The highest BCUT2D eigenvalue weighted by Gasteiger charge is 2.51. The molecule has 0 heterocycles. The van der Waals surface area contributed by atoms with Crippen LogP contribution in [-0.2, 0) is 10.0 Å². The summed E-state index contributed by atoms with van der Waals surface area (Å²) in [6.07, 6.45) is 7.50. The Balaban J connectivity index is 1.47. The van der Waals surface area contributed by atoms with Crippen LogP contribution in [0.5, 0.6) is 5.75 Å². The SMILES string of the molecule is CN(C)S(=O)(=O)CC(=O)c1cc(Cl)c(OCC23CC4CC(CC(C4)C2)C3)cc1F. The van der Waals surface area contributed by atoms with Gasteiger partial charge in [0.1, 0.15) is 17.3 Å². The maximum Gasteiger partial charge on any atom is 0.221 e. The van der Waals surface area contributed by atoms with Gasteiger partial charge in [0.2, 0.25) is 10.0 Å². The Kier molecular flexibility index (Phi) is 5.45. The van der Waals surface area contributed by atoms with E-state index in [1.165, 1.54) is 58.7 Å². The number of nitrogens with zero attached hydrogens (tertiary/aromatic N) is 1. The Morgan fingerprint density at radius 2 is 1.72 bits per heavy atom. The molecule has 4 fully saturated rings. The molecule has 0 unspecified atom stereocenters. The molecule has 0 amide bonds. The second-order valence-electron chi connectivity index (χ2n) is 9.43. The van der Waals surface area contributed by atoms with Crippen molar-refractivity contribution in [3.8, 4) is 5.75 Å². The number of ketones is 1. The van der Waals surface area contributed by atoms with Crippen LogP contribution in [0, 0.1) is 29.0 Å². The molecule has 5 nitrogen and oxygen atoms in total. The zero-order valence-corrected chi connectivity index (χ0v) is 18.4. The third-order valence-corrected chi connectivity index (χ3v) is 8.93. The number of hydrogen-bond donors (Lipinski definition) is 0. The third-order valence-electron chi connectivity index (χ3n) is 6.89. The molecule has 1 aromatic rings. The molecule has 0 radical (unpaired) electrons. The molecule has 0 spiro atoms. The van der Waals surface area contributed by atoms with Gasteiger partial charge in [0.25, 0.3) is 0 Å². The topological polar surface area (TPSA) is 63.7 Å². The van der Waals surface area contributed by atoms with Crippen molar-refractivity contribution in [1.29, 1.82) is 0 Å². The summed E-state index contributed by atoms with van der Waals surface area (Å²) in [6.45, 7) is 0.512. The van der Waals surface area contributed by atoms with Crippen LogP contribution in [0.3, 0.4) is 0 Å². The van der Waals surface area contributed by atoms with Crippen LogP contribution >= 0.6 is 11.6 Å². The molecule has 5 rings (SSSR count). The van der Waals surface area contributed by atoms with Gasteiger partial charge in [-0.1, -0.05) is 11.6 Å². The van der Waals surface area contributed by atoms with Crippen LogP contribution in [0.2, 0.25) is 5.02 Å². The van der Waals surface area contributed by atoms with Crippen molar-refractivity contribution in [3.05, 3.63) is 28.5 Å². The Morgan fingerprint density at radius 1 is 1.17 bits per heavy atom. The first-order valence-corrected chi connectivity index (χ1v) is 12.1. The number of Topliss-reactive ketones (excluding diaryl/α,β-unsaturated/α-hetero) is 1. The van der Waals surface area contributed by atoms with Gasteiger partial charge in [-0.3, -0.25) is 4.79 Å². The van der Waals surface area contributed by atoms with E-state index < -0.39 is 27.4 Å². The molecular weight excluding hydrogens is 417 g/mol. The second-order valence-corrected chi connectivity index (χ2v) is 12.0. The van der Waals surface area contributed by atoms with Crippen LogP contribution in [0.4, 0.5) is 4.39 Å². The fraction of sp³-hybridized carbons (Fsp3) is 0.667. The highest BCUT2D eigenvalue weighted by molar-refractivity contribution is 7.89. The van der Waals surface area contributed by atoms with Gasteiger partial charge in [0, 0.05) is 25.6 Å². The number of carbonyl (C=O) groups excluding carboxylic acids is 1. The average Bonchev–Trinajstić information content (AvgIpc) is 2.60. The van der Waals surface area contributed by atoms with Crippen molar-refractivity contribution >= 4 is 27.4 Å². The first-order valence-electron chi connectivity index (χ1n) is 10.1. The van der Waals surface area contributed by atoms with Crippen LogP contribution < -0.4 is 4.74 Å². The summed E-state index contributed by atoms with van der Waals surface area (Å²) in [5, 5.41) is 0.127. The smallest absolute Gasteiger partial charge is 0.221 e. The van der Waals surface area contributed by atoms with Gasteiger partial charge in [-0.2, -0.15) is 0 Å². The fourth-order valence-electron chi connectivity index (χ4n) is 5.92. The van der Waals surface area contributed by atoms with Crippen LogP contribution in [0.25, 0.3) is 0 Å². The Bertz CT molecular complexity index is 896. The van der Waals surface area contributed by atoms with Gasteiger partial charge in [0.05, 0.1) is 17.2 Å². The minimum absolute atomic E-state index is 0.127. The van der Waals surface area contributed by atoms with E-state index in [0.717, 1.165) is 28.1 Å². The number of carbonyl (C=O) groups is 1. The van der Waals surface area contributed by atoms with E-state index >= 15 is 0 Å². The molecule has 4 aliphatic rings. The number of halogens is 2. The molecule has 0 aromatic heterocycles. The molecule has 160 valence electrons. The summed E-state index contributed by atoms with van der Waals surface area (Å²) in [5.74, 6) is 0.134. The predicted molar refractivity (Wildman–Crippen MR) is 109 cm³/mol. The third kappa shape index (κ3) is 4.19. The molecule has 4 bridgehead atoms. The lowest BCUT2D eigenvalue weighted by Crippen LogP contribution is -2.48. The van der Waals surface area contributed by atoms with E-state index in [1.807, 2.05) is 0 Å². The molecule has 29 heavy (non-hydrogen) atoms. The molecule has 0 saturated heterocycles. The van der Waals surface area contributed by atoms with Crippen molar-refractivity contribution in [2.75, 3.05) is 26.5 Å². The van der Waals surface area contributed by atoms with E-state index in [4.69, 9.17) is 16.3 Å². The van der Waals surface area contributed by atoms with E-state index in [0.29, 0.717) is 6.61 Å². The lowest BCUT2D eigenvalue weighted by Gasteiger charge is -2.56. The van der Waals surface area contributed by atoms with Gasteiger partial charge in [-0.05, 0) is 62.3 Å². The molecule has 8 heteroatoms. The van der Waals surface area contributed by atoms with Gasteiger partial charge in [-0.25, -0.2) is 17.1 Å². The second kappa shape index (κ2) is 7.50. The monoisotopic (exact) mass is 443 g/mol. The zero-order chi connectivity index (χ0) is 21.0. The van der Waals surface area contributed by atoms with Crippen molar-refractivity contribution in [2.24, 2.45) is 23.2 Å². The molecule has 4 aliphatic carbocycles. The summed E-state index contributed by atoms with van der Waals surface area (Å²) < 4.78 is 45.3. The lowest BCUT2D eigenvalue weighted by atomic mass is 9.50. The minimum Gasteiger partial charge on any atom is -0.491 e. The molecule has 0 aliphatic heterocycles. The van der Waals surface area contributed by atoms with E-state index in [9.17, 15) is 17.6 Å². The molecule has 4 saturated carbocycles. The maximum atomic E-state index is 14.6. The summed E-state index contributed by atoms with van der Waals surface area (Å²) in [5.41, 5.74) is -0.175. The van der Waals surface area contributed by atoms with Gasteiger partial charge >= 0.3 is 0 Å². The van der Waals surface area contributed by atoms with Gasteiger partial charge < -0.3 is 4.74 Å². The highest BCUT2D eigenvalue weighted by Crippen LogP contribution is 2.60. The predicted octanol–water partition coefficient (Wildman–Crippen LogP) is 4.15. The summed E-state index contributed by atoms with van der Waals surface area (Å²) in [6, 6.07) is 2.29. The highest BCUT2D eigenvalue weighted by atomic mass is 35.5. The van der Waals surface area contributed by atoms with E-state index in [-0.39, 0.29) is 21.8 Å².